The topological polar surface area (TPSA) is 98.1 Å². The third kappa shape index (κ3) is 3.82. The Morgan fingerprint density at radius 1 is 1.28 bits per heavy atom. The Balaban J connectivity index is 1.53. The van der Waals surface area contributed by atoms with Crippen molar-refractivity contribution in [1.29, 1.82) is 0 Å². The SMILES string of the molecule is [C-]#[N+]c1ccc2c(n1)c(N1CCN(C3CCc4ccc(OC)cc43)CC1)c([N+](=O)[O-])c(=O)n2CC#C. The Hall–Kier alpha value is -4.41. The minimum absolute atomic E-state index is 0.0964. The van der Waals surface area contributed by atoms with Crippen molar-refractivity contribution in [3.05, 3.63) is 73.3 Å². The van der Waals surface area contributed by atoms with Gasteiger partial charge in [-0.25, -0.2) is 0 Å². The zero-order valence-electron chi connectivity index (χ0n) is 19.8. The molecule has 1 unspecified atom stereocenters. The molecule has 0 bridgehead atoms. The normalized spacial score (nSPS) is 17.4. The van der Waals surface area contributed by atoms with Crippen LogP contribution in [0.4, 0.5) is 17.2 Å². The van der Waals surface area contributed by atoms with Gasteiger partial charge < -0.3 is 14.5 Å². The van der Waals surface area contributed by atoms with Crippen molar-refractivity contribution in [2.24, 2.45) is 0 Å². The summed E-state index contributed by atoms with van der Waals surface area (Å²) in [6.07, 6.45) is 7.44. The number of hydrogen-bond donors (Lipinski definition) is 0. The highest BCUT2D eigenvalue weighted by molar-refractivity contribution is 5.94. The Morgan fingerprint density at radius 2 is 2.06 bits per heavy atom. The largest absolute Gasteiger partial charge is 0.497 e. The van der Waals surface area contributed by atoms with Crippen LogP contribution in [0.1, 0.15) is 23.6 Å². The number of methoxy groups -OCH3 is 1. The summed E-state index contributed by atoms with van der Waals surface area (Å²) in [5, 5.41) is 12.1. The van der Waals surface area contributed by atoms with Crippen LogP contribution in [0.2, 0.25) is 0 Å². The van der Waals surface area contributed by atoms with Crippen LogP contribution in [0.3, 0.4) is 0 Å². The maximum atomic E-state index is 13.2. The monoisotopic (exact) mass is 484 g/mol. The molecule has 1 saturated heterocycles. The van der Waals surface area contributed by atoms with Crippen LogP contribution < -0.4 is 15.2 Å². The average Bonchev–Trinajstić information content (AvgIpc) is 3.32. The van der Waals surface area contributed by atoms with Crippen LogP contribution >= 0.6 is 0 Å². The van der Waals surface area contributed by atoms with Gasteiger partial charge in [-0.3, -0.25) is 24.4 Å². The first-order chi connectivity index (χ1) is 17.5. The van der Waals surface area contributed by atoms with E-state index in [0.29, 0.717) is 31.7 Å². The predicted molar refractivity (Wildman–Crippen MR) is 136 cm³/mol. The Kier molecular flexibility index (Phi) is 6.05. The summed E-state index contributed by atoms with van der Waals surface area (Å²) in [5.74, 6) is 3.31. The van der Waals surface area contributed by atoms with Gasteiger partial charge in [0.1, 0.15) is 5.75 Å². The molecule has 36 heavy (non-hydrogen) atoms. The molecular formula is C26H24N6O4. The number of fused-ring (bicyclic) bond motifs is 2. The van der Waals surface area contributed by atoms with Crippen molar-refractivity contribution in [3.63, 3.8) is 0 Å². The molecule has 0 N–H and O–H groups in total. The first-order valence-electron chi connectivity index (χ1n) is 11.7. The van der Waals surface area contributed by atoms with Gasteiger partial charge in [0.15, 0.2) is 5.69 Å². The van der Waals surface area contributed by atoms with Crippen LogP contribution in [0, 0.1) is 29.0 Å². The van der Waals surface area contributed by atoms with Gasteiger partial charge in [-0.1, -0.05) is 18.6 Å². The molecule has 1 aliphatic heterocycles. The number of terminal acetylenes is 1. The first-order valence-corrected chi connectivity index (χ1v) is 11.7. The first kappa shape index (κ1) is 23.3. The van der Waals surface area contributed by atoms with Gasteiger partial charge in [0.05, 0.1) is 24.1 Å². The fourth-order valence-electron chi connectivity index (χ4n) is 5.38. The fraction of sp³-hybridized carbons (Fsp3) is 0.346. The number of nitrogens with zero attached hydrogens (tertiary/aromatic N) is 6. The van der Waals surface area contributed by atoms with E-state index in [0.717, 1.165) is 18.6 Å². The second-order valence-electron chi connectivity index (χ2n) is 8.84. The molecule has 1 atom stereocenters. The molecule has 3 aromatic rings. The highest BCUT2D eigenvalue weighted by Crippen LogP contribution is 2.40. The molecule has 10 heteroatoms. The van der Waals surface area contributed by atoms with Gasteiger partial charge in [-0.2, -0.15) is 0 Å². The van der Waals surface area contributed by atoms with Crippen LogP contribution in [-0.2, 0) is 13.0 Å². The van der Waals surface area contributed by atoms with Crippen molar-refractivity contribution in [3.8, 4) is 18.1 Å². The van der Waals surface area contributed by atoms with Crippen molar-refractivity contribution in [1.82, 2.24) is 14.5 Å². The summed E-state index contributed by atoms with van der Waals surface area (Å²) in [5.41, 5.74) is 2.04. The van der Waals surface area contributed by atoms with E-state index >= 15 is 0 Å². The van der Waals surface area contributed by atoms with E-state index in [1.54, 1.807) is 13.2 Å². The number of hydrogen-bond acceptors (Lipinski definition) is 7. The lowest BCUT2D eigenvalue weighted by Gasteiger charge is -2.39. The minimum atomic E-state index is -0.767. The van der Waals surface area contributed by atoms with Crippen LogP contribution in [0.25, 0.3) is 15.9 Å². The van der Waals surface area contributed by atoms with E-state index in [9.17, 15) is 14.9 Å². The lowest BCUT2D eigenvalue weighted by atomic mass is 10.1. The lowest BCUT2D eigenvalue weighted by Crippen LogP contribution is -2.48. The van der Waals surface area contributed by atoms with E-state index < -0.39 is 16.2 Å². The standard InChI is InChI=1S/C26H24N6O4/c1-4-11-31-21-9-10-22(27-2)28-23(21)24(25(26(31)33)32(34)35)30-14-12-29(13-15-30)20-8-6-17-5-7-18(36-3)16-19(17)20/h1,5,7,9-10,16,20H,6,8,11-15H2,3H3. The minimum Gasteiger partial charge on any atom is -0.497 e. The van der Waals surface area contributed by atoms with Gasteiger partial charge in [0.2, 0.25) is 5.52 Å². The molecule has 5 rings (SSSR count). The molecule has 1 aromatic carbocycles. The smallest absolute Gasteiger partial charge is 0.361 e. The van der Waals surface area contributed by atoms with E-state index in [1.807, 2.05) is 11.0 Å². The van der Waals surface area contributed by atoms with Gasteiger partial charge in [0.25, 0.3) is 5.82 Å². The number of pyridine rings is 2. The van der Waals surface area contributed by atoms with Crippen LogP contribution in [0.15, 0.2) is 35.1 Å². The molecule has 0 amide bonds. The summed E-state index contributed by atoms with van der Waals surface area (Å²) in [7, 11) is 1.66. The number of anilines is 1. The summed E-state index contributed by atoms with van der Waals surface area (Å²) in [6, 6.07) is 9.52. The Labute approximate surface area is 207 Å². The summed E-state index contributed by atoms with van der Waals surface area (Å²) >= 11 is 0. The average molecular weight is 485 g/mol. The number of ether oxygens (including phenoxy) is 1. The second kappa shape index (κ2) is 9.33. The molecule has 3 heterocycles. The van der Waals surface area contributed by atoms with Gasteiger partial charge in [-0.15, -0.1) is 11.4 Å². The maximum absolute atomic E-state index is 13.2. The van der Waals surface area contributed by atoms with Crippen molar-refractivity contribution in [2.45, 2.75) is 25.4 Å². The van der Waals surface area contributed by atoms with E-state index in [-0.39, 0.29) is 29.6 Å². The number of rotatable bonds is 5. The molecule has 182 valence electrons. The summed E-state index contributed by atoms with van der Waals surface area (Å²) in [6.45, 7) is 9.51. The zero-order valence-corrected chi connectivity index (χ0v) is 19.8. The number of aryl methyl sites for hydroxylation is 1. The molecule has 2 aliphatic rings. The molecule has 0 spiro atoms. The predicted octanol–water partition coefficient (Wildman–Crippen LogP) is 3.31. The quantitative estimate of drug-likeness (QED) is 0.237. The van der Waals surface area contributed by atoms with Gasteiger partial charge in [0, 0.05) is 32.2 Å². The highest BCUT2D eigenvalue weighted by Gasteiger charge is 2.36. The summed E-state index contributed by atoms with van der Waals surface area (Å²) < 4.78 is 6.60. The molecule has 0 radical (unpaired) electrons. The summed E-state index contributed by atoms with van der Waals surface area (Å²) in [4.78, 5) is 36.6. The third-order valence-corrected chi connectivity index (χ3v) is 7.06. The van der Waals surface area contributed by atoms with Gasteiger partial charge >= 0.3 is 11.2 Å². The second-order valence-corrected chi connectivity index (χ2v) is 8.84. The number of nitro groups is 1. The number of benzene rings is 1. The van der Waals surface area contributed by atoms with E-state index in [4.69, 9.17) is 17.7 Å². The Morgan fingerprint density at radius 3 is 2.72 bits per heavy atom. The van der Waals surface area contributed by atoms with E-state index in [1.165, 1.54) is 21.8 Å². The third-order valence-electron chi connectivity index (χ3n) is 7.06. The van der Waals surface area contributed by atoms with E-state index in [2.05, 4.69) is 32.8 Å². The number of aromatic nitrogens is 2. The van der Waals surface area contributed by atoms with Crippen LogP contribution in [0.5, 0.6) is 5.75 Å². The van der Waals surface area contributed by atoms with Crippen molar-refractivity contribution in [2.75, 3.05) is 38.2 Å². The molecule has 2 aromatic heterocycles. The maximum Gasteiger partial charge on any atom is 0.361 e. The van der Waals surface area contributed by atoms with Crippen molar-refractivity contribution >= 4 is 28.2 Å². The highest BCUT2D eigenvalue weighted by atomic mass is 16.6. The molecule has 10 nitrogen and oxygen atoms in total. The zero-order chi connectivity index (χ0) is 25.4. The Bertz CT molecular complexity index is 1510. The molecule has 1 aliphatic carbocycles. The van der Waals surface area contributed by atoms with Crippen molar-refractivity contribution < 1.29 is 9.66 Å². The molecule has 1 fully saturated rings. The number of piperazine rings is 1. The lowest BCUT2D eigenvalue weighted by molar-refractivity contribution is -0.385. The van der Waals surface area contributed by atoms with Gasteiger partial charge in [-0.05, 0) is 48.2 Å². The van der Waals surface area contributed by atoms with Crippen LogP contribution in [-0.4, -0.2) is 52.7 Å². The molecule has 0 saturated carbocycles. The molecular weight excluding hydrogens is 460 g/mol. The fourth-order valence-corrected chi connectivity index (χ4v) is 5.38.